The van der Waals surface area contributed by atoms with E-state index in [9.17, 15) is 18.0 Å². The van der Waals surface area contributed by atoms with E-state index in [1.165, 1.54) is 17.8 Å². The number of nitrogens with one attached hydrogen (secondary N) is 1. The number of nitrogens with zero attached hydrogens (tertiary/aromatic N) is 2. The van der Waals surface area contributed by atoms with Gasteiger partial charge in [0.2, 0.25) is 0 Å². The monoisotopic (exact) mass is 406 g/mol. The molecule has 0 bridgehead atoms. The van der Waals surface area contributed by atoms with Gasteiger partial charge in [0.1, 0.15) is 0 Å². The fourth-order valence-corrected chi connectivity index (χ4v) is 3.57. The van der Waals surface area contributed by atoms with Crippen molar-refractivity contribution < 1.29 is 18.0 Å². The number of carbonyl (C=O) groups is 1. The first-order valence-electron chi connectivity index (χ1n) is 9.62. The van der Waals surface area contributed by atoms with Crippen LogP contribution in [-0.2, 0) is 6.18 Å². The van der Waals surface area contributed by atoms with Crippen molar-refractivity contribution in [2.24, 2.45) is 5.73 Å². The average molecular weight is 406 g/mol. The van der Waals surface area contributed by atoms with Gasteiger partial charge in [-0.1, -0.05) is 24.3 Å². The van der Waals surface area contributed by atoms with Gasteiger partial charge in [0.15, 0.2) is 0 Å². The number of hydrogen-bond donors (Lipinski definition) is 2. The van der Waals surface area contributed by atoms with Crippen molar-refractivity contribution >= 4 is 17.3 Å². The van der Waals surface area contributed by atoms with Crippen LogP contribution in [0.15, 0.2) is 48.5 Å². The first-order valence-corrected chi connectivity index (χ1v) is 9.62. The second-order valence-electron chi connectivity index (χ2n) is 7.03. The van der Waals surface area contributed by atoms with Gasteiger partial charge in [-0.2, -0.15) is 13.2 Å². The number of anilines is 2. The van der Waals surface area contributed by atoms with Crippen LogP contribution in [0.4, 0.5) is 24.5 Å². The Bertz CT molecular complexity index is 818. The number of amides is 1. The molecule has 3 rings (SSSR count). The van der Waals surface area contributed by atoms with E-state index >= 15 is 0 Å². The van der Waals surface area contributed by atoms with Gasteiger partial charge in [0.05, 0.1) is 16.8 Å². The first kappa shape index (κ1) is 21.0. The zero-order valence-electron chi connectivity index (χ0n) is 16.1. The Kier molecular flexibility index (Phi) is 6.64. The Balaban J connectivity index is 1.51. The maximum Gasteiger partial charge on any atom is 0.418 e. The molecule has 5 nitrogen and oxygen atoms in total. The number of piperazine rings is 1. The molecule has 1 fully saturated rings. The number of hydrogen-bond acceptors (Lipinski definition) is 4. The van der Waals surface area contributed by atoms with Crippen LogP contribution in [0.3, 0.4) is 0 Å². The molecule has 0 spiro atoms. The summed E-state index contributed by atoms with van der Waals surface area (Å²) in [6, 6.07) is 13.7. The highest BCUT2D eigenvalue weighted by atomic mass is 19.4. The second-order valence-corrected chi connectivity index (χ2v) is 7.03. The van der Waals surface area contributed by atoms with Crippen molar-refractivity contribution in [2.45, 2.75) is 12.6 Å². The average Bonchev–Trinajstić information content (AvgIpc) is 2.71. The summed E-state index contributed by atoms with van der Waals surface area (Å²) in [5, 5.41) is 2.79. The number of alkyl halides is 3. The quantitative estimate of drug-likeness (QED) is 0.692. The predicted octanol–water partition coefficient (Wildman–Crippen LogP) is 3.43. The van der Waals surface area contributed by atoms with Crippen LogP contribution in [0.1, 0.15) is 22.3 Å². The maximum absolute atomic E-state index is 13.3. The van der Waals surface area contributed by atoms with E-state index in [2.05, 4.69) is 27.2 Å². The third-order valence-corrected chi connectivity index (χ3v) is 5.08. The lowest BCUT2D eigenvalue weighted by molar-refractivity contribution is -0.137. The maximum atomic E-state index is 13.3. The Morgan fingerprint density at radius 3 is 2.31 bits per heavy atom. The predicted molar refractivity (Wildman–Crippen MR) is 108 cm³/mol. The Labute approximate surface area is 168 Å². The topological polar surface area (TPSA) is 61.6 Å². The smallest absolute Gasteiger partial charge is 0.384 e. The number of nitrogens with two attached hydrogens (primary N) is 1. The second kappa shape index (κ2) is 9.17. The van der Waals surface area contributed by atoms with Crippen LogP contribution in [0.2, 0.25) is 0 Å². The summed E-state index contributed by atoms with van der Waals surface area (Å²) >= 11 is 0. The number of rotatable bonds is 7. The first-order chi connectivity index (χ1) is 13.9. The summed E-state index contributed by atoms with van der Waals surface area (Å²) in [5.74, 6) is -0.879. The van der Waals surface area contributed by atoms with E-state index in [0.717, 1.165) is 38.8 Å². The highest BCUT2D eigenvalue weighted by Gasteiger charge is 2.35. The molecule has 3 N–H and O–H groups in total. The van der Waals surface area contributed by atoms with Crippen LogP contribution in [0.25, 0.3) is 0 Å². The van der Waals surface area contributed by atoms with Crippen molar-refractivity contribution in [3.63, 3.8) is 0 Å². The molecular formula is C21H25F3N4O. The molecule has 1 aliphatic rings. The van der Waals surface area contributed by atoms with E-state index < -0.39 is 17.6 Å². The summed E-state index contributed by atoms with van der Waals surface area (Å²) in [6.07, 6.45) is -3.89. The minimum atomic E-state index is -4.55. The molecule has 1 heterocycles. The standard InChI is InChI=1S/C21H25F3N4O/c22-21(23,24)18-9-4-8-17(20(25)29)19(18)26-10-5-11-27-12-14-28(15-13-27)16-6-2-1-3-7-16/h1-4,6-9,26H,5,10-15H2,(H2,25,29). The van der Waals surface area contributed by atoms with Gasteiger partial charge in [0.25, 0.3) is 5.91 Å². The van der Waals surface area contributed by atoms with Crippen molar-refractivity contribution in [3.8, 4) is 0 Å². The van der Waals surface area contributed by atoms with Gasteiger partial charge >= 0.3 is 6.18 Å². The molecule has 1 saturated heterocycles. The molecule has 2 aromatic rings. The van der Waals surface area contributed by atoms with Crippen LogP contribution in [0, 0.1) is 0 Å². The van der Waals surface area contributed by atoms with E-state index in [1.54, 1.807) is 0 Å². The van der Waals surface area contributed by atoms with Gasteiger partial charge in [-0.3, -0.25) is 9.69 Å². The van der Waals surface area contributed by atoms with Gasteiger partial charge in [-0.05, 0) is 37.2 Å². The summed E-state index contributed by atoms with van der Waals surface area (Å²) in [7, 11) is 0. The van der Waals surface area contributed by atoms with Crippen molar-refractivity contribution in [1.29, 1.82) is 0 Å². The fraction of sp³-hybridized carbons (Fsp3) is 0.381. The van der Waals surface area contributed by atoms with E-state index in [-0.39, 0.29) is 11.3 Å². The zero-order chi connectivity index (χ0) is 20.9. The molecule has 8 heteroatoms. The highest BCUT2D eigenvalue weighted by Crippen LogP contribution is 2.36. The third kappa shape index (κ3) is 5.41. The number of primary amides is 1. The molecule has 29 heavy (non-hydrogen) atoms. The zero-order valence-corrected chi connectivity index (χ0v) is 16.1. The van der Waals surface area contributed by atoms with Crippen molar-refractivity contribution in [3.05, 3.63) is 59.7 Å². The fourth-order valence-electron chi connectivity index (χ4n) is 3.57. The van der Waals surface area contributed by atoms with Crippen LogP contribution >= 0.6 is 0 Å². The largest absolute Gasteiger partial charge is 0.418 e. The molecule has 1 aliphatic heterocycles. The highest BCUT2D eigenvalue weighted by molar-refractivity contribution is 5.99. The molecule has 0 aliphatic carbocycles. The molecule has 0 atom stereocenters. The number of carbonyl (C=O) groups excluding carboxylic acids is 1. The van der Waals surface area contributed by atoms with Crippen LogP contribution < -0.4 is 16.0 Å². The van der Waals surface area contributed by atoms with Gasteiger partial charge in [0, 0.05) is 38.4 Å². The van der Waals surface area contributed by atoms with Crippen molar-refractivity contribution in [1.82, 2.24) is 4.90 Å². The molecule has 2 aromatic carbocycles. The molecule has 0 aromatic heterocycles. The van der Waals surface area contributed by atoms with E-state index in [0.29, 0.717) is 13.0 Å². The number of halogens is 3. The lowest BCUT2D eigenvalue weighted by Crippen LogP contribution is -2.46. The minimum absolute atomic E-state index is 0.142. The normalized spacial score (nSPS) is 15.3. The number of para-hydroxylation sites is 2. The third-order valence-electron chi connectivity index (χ3n) is 5.08. The Morgan fingerprint density at radius 2 is 1.69 bits per heavy atom. The molecule has 0 radical (unpaired) electrons. The summed E-state index contributed by atoms with van der Waals surface area (Å²) in [6.45, 7) is 4.74. The van der Waals surface area contributed by atoms with Gasteiger partial charge in [-0.15, -0.1) is 0 Å². The summed E-state index contributed by atoms with van der Waals surface area (Å²) < 4.78 is 39.8. The molecule has 1 amide bonds. The molecule has 0 saturated carbocycles. The molecule has 156 valence electrons. The van der Waals surface area contributed by atoms with Crippen molar-refractivity contribution in [2.75, 3.05) is 49.5 Å². The lowest BCUT2D eigenvalue weighted by atomic mass is 10.1. The summed E-state index contributed by atoms with van der Waals surface area (Å²) in [4.78, 5) is 16.2. The Hall–Kier alpha value is -2.74. The van der Waals surface area contributed by atoms with E-state index in [1.807, 2.05) is 18.2 Å². The van der Waals surface area contributed by atoms with Gasteiger partial charge in [-0.25, -0.2) is 0 Å². The minimum Gasteiger partial charge on any atom is -0.384 e. The van der Waals surface area contributed by atoms with Crippen LogP contribution in [0.5, 0.6) is 0 Å². The van der Waals surface area contributed by atoms with Crippen LogP contribution in [-0.4, -0.2) is 50.1 Å². The lowest BCUT2D eigenvalue weighted by Gasteiger charge is -2.36. The molecule has 0 unspecified atom stereocenters. The molecular weight excluding hydrogens is 381 g/mol. The Morgan fingerprint density at radius 1 is 1.00 bits per heavy atom. The van der Waals surface area contributed by atoms with Gasteiger partial charge < -0.3 is 16.0 Å². The van der Waals surface area contributed by atoms with E-state index in [4.69, 9.17) is 5.73 Å². The number of benzene rings is 2. The summed E-state index contributed by atoms with van der Waals surface area (Å²) in [5.41, 5.74) is 5.21. The SMILES string of the molecule is NC(=O)c1cccc(C(F)(F)F)c1NCCCN1CCN(c2ccccc2)CC1.